The van der Waals surface area contributed by atoms with Gasteiger partial charge in [-0.25, -0.2) is 0 Å². The fourth-order valence-corrected chi connectivity index (χ4v) is 2.29. The maximum absolute atomic E-state index is 6.36. The van der Waals surface area contributed by atoms with Crippen molar-refractivity contribution in [1.29, 1.82) is 0 Å². The number of halogens is 1. The summed E-state index contributed by atoms with van der Waals surface area (Å²) >= 11 is 6.36. The van der Waals surface area contributed by atoms with Crippen LogP contribution in [0.2, 0.25) is 0 Å². The first-order valence-electron chi connectivity index (χ1n) is 7.18. The van der Waals surface area contributed by atoms with Crippen LogP contribution in [0.25, 0.3) is 0 Å². The van der Waals surface area contributed by atoms with Gasteiger partial charge in [-0.3, -0.25) is 0 Å². The van der Waals surface area contributed by atoms with E-state index in [-0.39, 0.29) is 10.9 Å². The van der Waals surface area contributed by atoms with E-state index in [1.807, 2.05) is 0 Å². The van der Waals surface area contributed by atoms with Crippen LogP contribution in [0.5, 0.6) is 0 Å². The van der Waals surface area contributed by atoms with E-state index < -0.39 is 0 Å². The molecule has 0 saturated carbocycles. The molecule has 3 atom stereocenters. The summed E-state index contributed by atoms with van der Waals surface area (Å²) in [6.07, 6.45) is 2.20. The molecule has 0 fully saturated rings. The molecule has 0 aliphatic heterocycles. The Bertz CT molecular complexity index is 223. The lowest BCUT2D eigenvalue weighted by molar-refractivity contribution is 0.196. The first-order chi connectivity index (χ1) is 8.04. The second-order valence-electron chi connectivity index (χ2n) is 6.88. The second kappa shape index (κ2) is 7.72. The summed E-state index contributed by atoms with van der Waals surface area (Å²) in [6, 6.07) is 0.799. The van der Waals surface area contributed by atoms with E-state index in [4.69, 9.17) is 17.3 Å². The van der Waals surface area contributed by atoms with E-state index >= 15 is 0 Å². The third-order valence-corrected chi connectivity index (χ3v) is 4.29. The van der Waals surface area contributed by atoms with Crippen LogP contribution in [-0.4, -0.2) is 35.5 Å². The van der Waals surface area contributed by atoms with Crippen LogP contribution in [0.4, 0.5) is 0 Å². The molecule has 0 aliphatic rings. The number of nitrogens with two attached hydrogens (primary N) is 1. The molecule has 0 aromatic rings. The van der Waals surface area contributed by atoms with Crippen molar-refractivity contribution in [1.82, 2.24) is 4.90 Å². The van der Waals surface area contributed by atoms with Gasteiger partial charge in [0.1, 0.15) is 0 Å². The number of hydrogen-bond donors (Lipinski definition) is 1. The Labute approximate surface area is 119 Å². The molecular formula is C15H33ClN2. The minimum Gasteiger partial charge on any atom is -0.327 e. The van der Waals surface area contributed by atoms with Crippen LogP contribution in [0, 0.1) is 11.8 Å². The molecule has 0 heterocycles. The standard InChI is InChI=1S/C15H33ClN2/c1-11(2)8-14(17)10-18(7)13(4)9-12(3)15(5,6)16/h11-14H,8-10,17H2,1-7H3. The molecule has 3 heteroatoms. The van der Waals surface area contributed by atoms with Crippen molar-refractivity contribution < 1.29 is 0 Å². The Morgan fingerprint density at radius 2 is 1.61 bits per heavy atom. The van der Waals surface area contributed by atoms with Crippen LogP contribution in [-0.2, 0) is 0 Å². The highest BCUT2D eigenvalue weighted by molar-refractivity contribution is 6.23. The average Bonchev–Trinajstić information content (AvgIpc) is 2.14. The Morgan fingerprint density at radius 3 is 2.00 bits per heavy atom. The molecule has 18 heavy (non-hydrogen) atoms. The molecular weight excluding hydrogens is 244 g/mol. The Kier molecular flexibility index (Phi) is 7.81. The van der Waals surface area contributed by atoms with E-state index in [9.17, 15) is 0 Å². The summed E-state index contributed by atoms with van der Waals surface area (Å²) in [5.41, 5.74) is 6.16. The van der Waals surface area contributed by atoms with E-state index in [0.717, 1.165) is 19.4 Å². The molecule has 0 bridgehead atoms. The molecule has 2 nitrogen and oxygen atoms in total. The summed E-state index contributed by atoms with van der Waals surface area (Å²) in [5.74, 6) is 1.17. The van der Waals surface area contributed by atoms with Crippen LogP contribution in [0.3, 0.4) is 0 Å². The lowest BCUT2D eigenvalue weighted by Crippen LogP contribution is -2.42. The zero-order chi connectivity index (χ0) is 14.5. The number of nitrogens with zero attached hydrogens (tertiary/aromatic N) is 1. The second-order valence-corrected chi connectivity index (χ2v) is 7.85. The third kappa shape index (κ3) is 7.60. The number of hydrogen-bond acceptors (Lipinski definition) is 2. The summed E-state index contributed by atoms with van der Waals surface area (Å²) in [7, 11) is 2.17. The highest BCUT2D eigenvalue weighted by Crippen LogP contribution is 2.28. The van der Waals surface area contributed by atoms with Crippen molar-refractivity contribution >= 4 is 11.6 Å². The zero-order valence-corrected chi connectivity index (χ0v) is 14.1. The van der Waals surface area contributed by atoms with Crippen molar-refractivity contribution in [3.05, 3.63) is 0 Å². The lowest BCUT2D eigenvalue weighted by Gasteiger charge is -2.33. The smallest absolute Gasteiger partial charge is 0.0416 e. The van der Waals surface area contributed by atoms with Gasteiger partial charge >= 0.3 is 0 Å². The van der Waals surface area contributed by atoms with E-state index in [0.29, 0.717) is 17.9 Å². The van der Waals surface area contributed by atoms with E-state index in [1.165, 1.54) is 0 Å². The monoisotopic (exact) mass is 276 g/mol. The molecule has 0 aromatic heterocycles. The topological polar surface area (TPSA) is 29.3 Å². The lowest BCUT2D eigenvalue weighted by atomic mass is 9.90. The fraction of sp³-hybridized carbons (Fsp3) is 1.00. The van der Waals surface area contributed by atoms with Gasteiger partial charge in [-0.2, -0.15) is 0 Å². The van der Waals surface area contributed by atoms with Crippen molar-refractivity contribution in [2.24, 2.45) is 17.6 Å². The first kappa shape index (κ1) is 18.2. The fourth-order valence-electron chi connectivity index (χ4n) is 2.20. The Balaban J connectivity index is 4.14. The Hall–Kier alpha value is 0.210. The van der Waals surface area contributed by atoms with E-state index in [1.54, 1.807) is 0 Å². The van der Waals surface area contributed by atoms with Gasteiger partial charge in [0.05, 0.1) is 0 Å². The van der Waals surface area contributed by atoms with E-state index in [2.05, 4.69) is 53.5 Å². The van der Waals surface area contributed by atoms with Crippen molar-refractivity contribution in [3.8, 4) is 0 Å². The zero-order valence-electron chi connectivity index (χ0n) is 13.3. The van der Waals surface area contributed by atoms with Crippen LogP contribution in [0.15, 0.2) is 0 Å². The van der Waals surface area contributed by atoms with Gasteiger partial charge in [0.25, 0.3) is 0 Å². The molecule has 3 unspecified atom stereocenters. The van der Waals surface area contributed by atoms with Gasteiger partial charge in [0, 0.05) is 23.5 Å². The van der Waals surface area contributed by atoms with Crippen molar-refractivity contribution in [2.45, 2.75) is 71.3 Å². The summed E-state index contributed by atoms with van der Waals surface area (Å²) in [4.78, 5) is 2.24. The first-order valence-corrected chi connectivity index (χ1v) is 7.56. The van der Waals surface area contributed by atoms with Gasteiger partial charge in [-0.15, -0.1) is 11.6 Å². The molecule has 2 N–H and O–H groups in total. The third-order valence-electron chi connectivity index (χ3n) is 3.92. The van der Waals surface area contributed by atoms with Crippen LogP contribution < -0.4 is 5.73 Å². The molecule has 0 aromatic carbocycles. The molecule has 110 valence electrons. The van der Waals surface area contributed by atoms with Gasteiger partial charge in [-0.05, 0) is 52.5 Å². The largest absolute Gasteiger partial charge is 0.327 e. The summed E-state index contributed by atoms with van der Waals surface area (Å²) in [5, 5.41) is 0. The average molecular weight is 277 g/mol. The minimum absolute atomic E-state index is 0.130. The molecule has 0 amide bonds. The molecule has 0 radical (unpaired) electrons. The van der Waals surface area contributed by atoms with Gasteiger partial charge in [0.2, 0.25) is 0 Å². The summed E-state index contributed by atoms with van der Waals surface area (Å²) in [6.45, 7) is 14.1. The van der Waals surface area contributed by atoms with Gasteiger partial charge < -0.3 is 10.6 Å². The molecule has 0 rings (SSSR count). The number of alkyl halides is 1. The quantitative estimate of drug-likeness (QED) is 0.685. The predicted octanol–water partition coefficient (Wildman–Crippen LogP) is 3.72. The molecule has 0 saturated heterocycles. The predicted molar refractivity (Wildman–Crippen MR) is 83.2 cm³/mol. The number of rotatable bonds is 8. The highest BCUT2D eigenvalue weighted by Gasteiger charge is 2.25. The minimum atomic E-state index is -0.130. The van der Waals surface area contributed by atoms with Gasteiger partial charge in [0.15, 0.2) is 0 Å². The number of likely N-dealkylation sites (N-methyl/N-ethyl adjacent to an activating group) is 1. The maximum atomic E-state index is 6.36. The maximum Gasteiger partial charge on any atom is 0.0416 e. The van der Waals surface area contributed by atoms with Crippen LogP contribution in [0.1, 0.15) is 54.4 Å². The Morgan fingerprint density at radius 1 is 1.11 bits per heavy atom. The van der Waals surface area contributed by atoms with Crippen molar-refractivity contribution in [3.63, 3.8) is 0 Å². The molecule has 0 aliphatic carbocycles. The SMILES string of the molecule is CC(C)CC(N)CN(C)C(C)CC(C)C(C)(C)Cl. The van der Waals surface area contributed by atoms with Crippen molar-refractivity contribution in [2.75, 3.05) is 13.6 Å². The van der Waals surface area contributed by atoms with Gasteiger partial charge in [-0.1, -0.05) is 20.8 Å². The molecule has 0 spiro atoms. The summed E-state index contributed by atoms with van der Waals surface area (Å²) < 4.78 is 0. The normalized spacial score (nSPS) is 18.2. The van der Waals surface area contributed by atoms with Crippen LogP contribution >= 0.6 is 11.6 Å². The highest BCUT2D eigenvalue weighted by atomic mass is 35.5.